The van der Waals surface area contributed by atoms with Crippen LogP contribution in [0.3, 0.4) is 0 Å². The maximum absolute atomic E-state index is 6.53. The van der Waals surface area contributed by atoms with Crippen LogP contribution in [0.2, 0.25) is 18.5 Å². The molecular formula is C23H33BO2Si. The van der Waals surface area contributed by atoms with E-state index in [2.05, 4.69) is 101 Å². The van der Waals surface area contributed by atoms with E-state index in [1.165, 1.54) is 10.8 Å². The lowest BCUT2D eigenvalue weighted by Gasteiger charge is -2.34. The number of rotatable bonds is 6. The molecule has 1 aliphatic rings. The Labute approximate surface area is 166 Å². The van der Waals surface area contributed by atoms with Crippen molar-refractivity contribution in [3.63, 3.8) is 0 Å². The Balaban J connectivity index is 1.89. The van der Waals surface area contributed by atoms with Gasteiger partial charge in [-0.1, -0.05) is 78.9 Å². The second kappa shape index (κ2) is 7.57. The number of benzene rings is 2. The van der Waals surface area contributed by atoms with Gasteiger partial charge in [0.1, 0.15) is 0 Å². The summed E-state index contributed by atoms with van der Waals surface area (Å²) < 4.78 is 13.1. The first-order valence-electron chi connectivity index (χ1n) is 10.1. The lowest BCUT2D eigenvalue weighted by molar-refractivity contribution is 0.00578. The molecule has 1 atom stereocenters. The summed E-state index contributed by atoms with van der Waals surface area (Å²) >= 11 is 0. The first-order valence-corrected chi connectivity index (χ1v) is 13.2. The van der Waals surface area contributed by atoms with Crippen molar-refractivity contribution in [1.82, 2.24) is 0 Å². The highest BCUT2D eigenvalue weighted by molar-refractivity contribution is 6.97. The molecule has 1 saturated heterocycles. The quantitative estimate of drug-likeness (QED) is 0.639. The van der Waals surface area contributed by atoms with E-state index in [0.29, 0.717) is 5.44 Å². The van der Waals surface area contributed by atoms with E-state index < -0.39 is 8.07 Å². The van der Waals surface area contributed by atoms with Gasteiger partial charge in [-0.25, -0.2) is 0 Å². The van der Waals surface area contributed by atoms with Gasteiger partial charge in [-0.05, 0) is 51.5 Å². The smallest absolute Gasteiger partial charge is 0.403 e. The molecule has 1 heterocycles. The molecular weight excluding hydrogens is 347 g/mol. The molecule has 0 unspecified atom stereocenters. The molecule has 0 aromatic heterocycles. The Morgan fingerprint density at radius 3 is 1.81 bits per heavy atom. The summed E-state index contributed by atoms with van der Waals surface area (Å²) in [6.07, 6.45) is 2.13. The summed E-state index contributed by atoms with van der Waals surface area (Å²) in [4.78, 5) is 0. The number of aryl methyl sites for hydroxylation is 1. The second-order valence-electron chi connectivity index (χ2n) is 9.34. The van der Waals surface area contributed by atoms with Crippen molar-refractivity contribution in [2.24, 2.45) is 0 Å². The molecule has 4 heteroatoms. The standard InChI is InChI=1S/C23H33BO2Si/c1-22(2)23(3,4)26-24(25-22)21(18-17-19-13-9-7-10-14-19)27(5,6)20-15-11-8-12-16-20/h7-16,21H,17-18H2,1-6H3/t21-/m1/s1. The monoisotopic (exact) mass is 380 g/mol. The van der Waals surface area contributed by atoms with Crippen molar-refractivity contribution in [1.29, 1.82) is 0 Å². The van der Waals surface area contributed by atoms with E-state index in [-0.39, 0.29) is 18.3 Å². The van der Waals surface area contributed by atoms with Gasteiger partial charge >= 0.3 is 7.12 Å². The third-order valence-corrected chi connectivity index (χ3v) is 10.9. The predicted molar refractivity (Wildman–Crippen MR) is 118 cm³/mol. The third-order valence-electron chi connectivity index (χ3n) is 6.63. The average Bonchev–Trinajstić information content (AvgIpc) is 2.84. The lowest BCUT2D eigenvalue weighted by Crippen LogP contribution is -2.52. The molecule has 0 aliphatic carbocycles. The van der Waals surface area contributed by atoms with Gasteiger partial charge in [-0.2, -0.15) is 0 Å². The van der Waals surface area contributed by atoms with Crippen molar-refractivity contribution < 1.29 is 9.31 Å². The summed E-state index contributed by atoms with van der Waals surface area (Å²) in [5.41, 5.74) is 1.20. The Morgan fingerprint density at radius 1 is 0.815 bits per heavy atom. The Bertz CT molecular complexity index is 727. The van der Waals surface area contributed by atoms with E-state index in [0.717, 1.165) is 12.8 Å². The molecule has 1 fully saturated rings. The van der Waals surface area contributed by atoms with Crippen LogP contribution in [0.4, 0.5) is 0 Å². The van der Waals surface area contributed by atoms with Gasteiger partial charge in [0.2, 0.25) is 0 Å². The minimum Gasteiger partial charge on any atom is -0.403 e. The molecule has 1 aliphatic heterocycles. The van der Waals surface area contributed by atoms with E-state index in [1.807, 2.05) is 0 Å². The summed E-state index contributed by atoms with van der Waals surface area (Å²) in [5, 5.41) is 1.47. The SMILES string of the molecule is CC1(C)OB([C@@H](CCc2ccccc2)[Si](C)(C)c2ccccc2)OC1(C)C. The van der Waals surface area contributed by atoms with Gasteiger partial charge in [0.25, 0.3) is 0 Å². The summed E-state index contributed by atoms with van der Waals surface area (Å²) in [6.45, 7) is 13.5. The highest BCUT2D eigenvalue weighted by atomic mass is 28.3. The Morgan fingerprint density at radius 2 is 1.30 bits per heavy atom. The molecule has 0 spiro atoms. The van der Waals surface area contributed by atoms with Gasteiger partial charge in [0, 0.05) is 0 Å². The minimum absolute atomic E-state index is 0.152. The van der Waals surface area contributed by atoms with Crippen LogP contribution < -0.4 is 5.19 Å². The molecule has 2 aromatic rings. The van der Waals surface area contributed by atoms with Crippen LogP contribution in [0.1, 0.15) is 39.7 Å². The van der Waals surface area contributed by atoms with Crippen molar-refractivity contribution >= 4 is 20.4 Å². The van der Waals surface area contributed by atoms with Gasteiger partial charge in [0.05, 0.1) is 19.3 Å². The fraction of sp³-hybridized carbons (Fsp3) is 0.478. The van der Waals surface area contributed by atoms with Gasteiger partial charge in [-0.15, -0.1) is 0 Å². The van der Waals surface area contributed by atoms with Crippen LogP contribution in [-0.2, 0) is 15.7 Å². The summed E-state index contributed by atoms with van der Waals surface area (Å²) in [5.74, 6) is 0. The zero-order valence-electron chi connectivity index (χ0n) is 17.7. The fourth-order valence-corrected chi connectivity index (χ4v) is 7.10. The molecule has 27 heavy (non-hydrogen) atoms. The molecule has 144 valence electrons. The second-order valence-corrected chi connectivity index (χ2v) is 14.1. The summed E-state index contributed by atoms with van der Waals surface area (Å²) in [7, 11) is -1.96. The first kappa shape index (κ1) is 20.4. The van der Waals surface area contributed by atoms with E-state index in [4.69, 9.17) is 9.31 Å². The molecule has 2 nitrogen and oxygen atoms in total. The Hall–Kier alpha value is -1.36. The molecule has 3 rings (SSSR count). The zero-order chi connectivity index (χ0) is 19.7. The van der Waals surface area contributed by atoms with Gasteiger partial charge in [0.15, 0.2) is 0 Å². The van der Waals surface area contributed by atoms with Crippen LogP contribution >= 0.6 is 0 Å². The topological polar surface area (TPSA) is 18.5 Å². The van der Waals surface area contributed by atoms with Crippen LogP contribution in [0.5, 0.6) is 0 Å². The average molecular weight is 380 g/mol. The van der Waals surface area contributed by atoms with Crippen LogP contribution in [0.15, 0.2) is 60.7 Å². The van der Waals surface area contributed by atoms with E-state index in [9.17, 15) is 0 Å². The van der Waals surface area contributed by atoms with Gasteiger partial charge in [-0.3, -0.25) is 0 Å². The maximum Gasteiger partial charge on any atom is 0.458 e. The van der Waals surface area contributed by atoms with Crippen LogP contribution in [0.25, 0.3) is 0 Å². The van der Waals surface area contributed by atoms with Crippen LogP contribution in [0, 0.1) is 0 Å². The normalized spacial score (nSPS) is 19.9. The fourth-order valence-electron chi connectivity index (χ4n) is 3.94. The minimum atomic E-state index is -1.80. The van der Waals surface area contributed by atoms with E-state index in [1.54, 1.807) is 0 Å². The Kier molecular flexibility index (Phi) is 5.72. The highest BCUT2D eigenvalue weighted by Crippen LogP contribution is 2.43. The zero-order valence-corrected chi connectivity index (χ0v) is 18.7. The summed E-state index contributed by atoms with van der Waals surface area (Å²) in [6, 6.07) is 21.7. The van der Waals surface area contributed by atoms with Crippen molar-refractivity contribution in [3.05, 3.63) is 66.2 Å². The molecule has 0 N–H and O–H groups in total. The van der Waals surface area contributed by atoms with Crippen molar-refractivity contribution in [3.8, 4) is 0 Å². The maximum atomic E-state index is 6.53. The lowest BCUT2D eigenvalue weighted by atomic mass is 9.80. The molecule has 0 radical (unpaired) electrons. The van der Waals surface area contributed by atoms with Crippen molar-refractivity contribution in [2.45, 2.75) is 70.3 Å². The largest absolute Gasteiger partial charge is 0.458 e. The van der Waals surface area contributed by atoms with E-state index >= 15 is 0 Å². The third kappa shape index (κ3) is 4.23. The number of hydrogen-bond acceptors (Lipinski definition) is 2. The highest BCUT2D eigenvalue weighted by Gasteiger charge is 2.56. The molecule has 0 bridgehead atoms. The van der Waals surface area contributed by atoms with Crippen molar-refractivity contribution in [2.75, 3.05) is 0 Å². The molecule has 2 aromatic carbocycles. The molecule has 0 saturated carbocycles. The van der Waals surface area contributed by atoms with Crippen LogP contribution in [-0.4, -0.2) is 26.4 Å². The number of hydrogen-bond donors (Lipinski definition) is 0. The van der Waals surface area contributed by atoms with Gasteiger partial charge < -0.3 is 9.31 Å². The predicted octanol–water partition coefficient (Wildman–Crippen LogP) is 5.24. The molecule has 0 amide bonds. The first-order chi connectivity index (χ1) is 12.6.